The highest BCUT2D eigenvalue weighted by Gasteiger charge is 2.24. The average molecular weight is 258 g/mol. The lowest BCUT2D eigenvalue weighted by Crippen LogP contribution is -2.34. The van der Waals surface area contributed by atoms with Gasteiger partial charge >= 0.3 is 0 Å². The van der Waals surface area contributed by atoms with Crippen molar-refractivity contribution in [1.29, 1.82) is 0 Å². The number of hydrogen-bond acceptors (Lipinski definition) is 1. The molecule has 0 fully saturated rings. The molecule has 0 amide bonds. The molecule has 3 heteroatoms. The van der Waals surface area contributed by atoms with E-state index in [1.807, 2.05) is 12.1 Å². The van der Waals surface area contributed by atoms with Crippen LogP contribution in [0.2, 0.25) is 0 Å². The maximum absolute atomic E-state index is 12.7. The summed E-state index contributed by atoms with van der Waals surface area (Å²) in [5.41, 5.74) is 1.28. The lowest BCUT2D eigenvalue weighted by atomic mass is 9.84. The van der Waals surface area contributed by atoms with E-state index in [0.717, 1.165) is 31.5 Å². The monoisotopic (exact) mass is 257 g/mol. The largest absolute Gasteiger partial charge is 0.312 e. The molecule has 0 heterocycles. The third kappa shape index (κ3) is 4.29. The van der Waals surface area contributed by atoms with Crippen LogP contribution in [0.25, 0.3) is 0 Å². The Labute approximate surface area is 108 Å². The minimum absolute atomic E-state index is 0.182. The van der Waals surface area contributed by atoms with E-state index in [2.05, 4.69) is 19.2 Å². The Kier molecular flexibility index (Phi) is 5.93. The molecule has 0 bridgehead atoms. The van der Waals surface area contributed by atoms with Gasteiger partial charge in [-0.1, -0.05) is 26.0 Å². The summed E-state index contributed by atoms with van der Waals surface area (Å²) in [6, 6.07) is 6.60. The van der Waals surface area contributed by atoms with Gasteiger partial charge in [-0.05, 0) is 36.0 Å². The summed E-state index contributed by atoms with van der Waals surface area (Å²) in [7, 11) is 0. The van der Waals surface area contributed by atoms with E-state index in [-0.39, 0.29) is 11.2 Å². The van der Waals surface area contributed by atoms with Gasteiger partial charge in [-0.3, -0.25) is 0 Å². The molecule has 0 atom stereocenters. The molecule has 1 aromatic rings. The summed E-state index contributed by atoms with van der Waals surface area (Å²) in [6.07, 6.45) is 2.15. The zero-order valence-electron chi connectivity index (χ0n) is 10.6. The number of benzene rings is 1. The van der Waals surface area contributed by atoms with Crippen molar-refractivity contribution in [1.82, 2.24) is 5.32 Å². The van der Waals surface area contributed by atoms with E-state index in [0.29, 0.717) is 5.88 Å². The maximum atomic E-state index is 12.7. The van der Waals surface area contributed by atoms with Crippen molar-refractivity contribution >= 4 is 11.6 Å². The van der Waals surface area contributed by atoms with Gasteiger partial charge in [0.25, 0.3) is 0 Å². The van der Waals surface area contributed by atoms with Crippen molar-refractivity contribution in [3.63, 3.8) is 0 Å². The SMILES string of the molecule is CCC(CC)(CCl)CNCc1ccc(F)cc1. The van der Waals surface area contributed by atoms with Crippen LogP contribution in [0.4, 0.5) is 4.39 Å². The zero-order valence-corrected chi connectivity index (χ0v) is 11.4. The molecule has 0 aliphatic carbocycles. The summed E-state index contributed by atoms with van der Waals surface area (Å²) < 4.78 is 12.7. The molecule has 1 N–H and O–H groups in total. The van der Waals surface area contributed by atoms with Crippen molar-refractivity contribution in [2.24, 2.45) is 5.41 Å². The van der Waals surface area contributed by atoms with Gasteiger partial charge < -0.3 is 5.32 Å². The fourth-order valence-electron chi connectivity index (χ4n) is 1.81. The lowest BCUT2D eigenvalue weighted by molar-refractivity contribution is 0.286. The van der Waals surface area contributed by atoms with Gasteiger partial charge in [0.2, 0.25) is 0 Å². The summed E-state index contributed by atoms with van der Waals surface area (Å²) in [6.45, 7) is 6.01. The fraction of sp³-hybridized carbons (Fsp3) is 0.571. The van der Waals surface area contributed by atoms with Crippen LogP contribution in [0.15, 0.2) is 24.3 Å². The van der Waals surface area contributed by atoms with Crippen LogP contribution < -0.4 is 5.32 Å². The van der Waals surface area contributed by atoms with E-state index in [4.69, 9.17) is 11.6 Å². The van der Waals surface area contributed by atoms with Gasteiger partial charge in [0.15, 0.2) is 0 Å². The van der Waals surface area contributed by atoms with E-state index in [1.54, 1.807) is 0 Å². The first-order chi connectivity index (χ1) is 8.15. The third-order valence-electron chi connectivity index (χ3n) is 3.53. The number of nitrogens with one attached hydrogen (secondary N) is 1. The predicted octanol–water partition coefficient (Wildman–Crippen LogP) is 3.96. The molecular formula is C14H21ClFN. The molecule has 0 radical (unpaired) electrons. The molecule has 0 aliphatic heterocycles. The van der Waals surface area contributed by atoms with Crippen molar-refractivity contribution in [2.45, 2.75) is 33.2 Å². The maximum Gasteiger partial charge on any atom is 0.123 e. The zero-order chi connectivity index (χ0) is 12.7. The Balaban J connectivity index is 2.43. The van der Waals surface area contributed by atoms with Crippen LogP contribution in [0, 0.1) is 11.2 Å². The van der Waals surface area contributed by atoms with Gasteiger partial charge in [0, 0.05) is 19.0 Å². The minimum Gasteiger partial charge on any atom is -0.312 e. The summed E-state index contributed by atoms with van der Waals surface area (Å²) in [5.74, 6) is 0.488. The number of rotatable bonds is 7. The first-order valence-electron chi connectivity index (χ1n) is 6.17. The molecule has 0 unspecified atom stereocenters. The van der Waals surface area contributed by atoms with Crippen LogP contribution in [0.1, 0.15) is 32.3 Å². The smallest absolute Gasteiger partial charge is 0.123 e. The molecule has 0 saturated carbocycles. The standard InChI is InChI=1S/C14H21ClFN/c1-3-14(4-2,10-15)11-17-9-12-5-7-13(16)8-6-12/h5-8,17H,3-4,9-11H2,1-2H3. The Morgan fingerprint density at radius 2 is 1.76 bits per heavy atom. The van der Waals surface area contributed by atoms with Crippen molar-refractivity contribution in [3.8, 4) is 0 Å². The topological polar surface area (TPSA) is 12.0 Å². The second kappa shape index (κ2) is 6.97. The highest BCUT2D eigenvalue weighted by atomic mass is 35.5. The Morgan fingerprint density at radius 3 is 2.24 bits per heavy atom. The van der Waals surface area contributed by atoms with Gasteiger partial charge in [-0.2, -0.15) is 0 Å². The first-order valence-corrected chi connectivity index (χ1v) is 6.70. The second-order valence-electron chi connectivity index (χ2n) is 4.57. The molecule has 96 valence electrons. The molecule has 1 aromatic carbocycles. The van der Waals surface area contributed by atoms with E-state index in [1.165, 1.54) is 12.1 Å². The molecule has 0 saturated heterocycles. The predicted molar refractivity (Wildman–Crippen MR) is 71.8 cm³/mol. The summed E-state index contributed by atoms with van der Waals surface area (Å²) in [4.78, 5) is 0. The van der Waals surface area contributed by atoms with Crippen LogP contribution >= 0.6 is 11.6 Å². The normalized spacial score (nSPS) is 11.8. The number of halogens is 2. The molecule has 1 rings (SSSR count). The first kappa shape index (κ1) is 14.5. The van der Waals surface area contributed by atoms with Gasteiger partial charge in [0.05, 0.1) is 0 Å². The van der Waals surface area contributed by atoms with E-state index >= 15 is 0 Å². The minimum atomic E-state index is -0.189. The van der Waals surface area contributed by atoms with E-state index in [9.17, 15) is 4.39 Å². The molecule has 1 nitrogen and oxygen atoms in total. The fourth-order valence-corrected chi connectivity index (χ4v) is 2.28. The molecular weight excluding hydrogens is 237 g/mol. The third-order valence-corrected chi connectivity index (χ3v) is 4.09. The molecule has 0 aliphatic rings. The van der Waals surface area contributed by atoms with Crippen molar-refractivity contribution in [3.05, 3.63) is 35.6 Å². The second-order valence-corrected chi connectivity index (χ2v) is 4.84. The highest BCUT2D eigenvalue weighted by Crippen LogP contribution is 2.26. The van der Waals surface area contributed by atoms with Crippen LogP contribution in [-0.4, -0.2) is 12.4 Å². The highest BCUT2D eigenvalue weighted by molar-refractivity contribution is 6.18. The average Bonchev–Trinajstić information content (AvgIpc) is 2.38. The quantitative estimate of drug-likeness (QED) is 0.729. The molecule has 17 heavy (non-hydrogen) atoms. The van der Waals surface area contributed by atoms with Crippen molar-refractivity contribution in [2.75, 3.05) is 12.4 Å². The Hall–Kier alpha value is -0.600. The summed E-state index contributed by atoms with van der Waals surface area (Å²) >= 11 is 6.04. The van der Waals surface area contributed by atoms with Crippen LogP contribution in [-0.2, 0) is 6.54 Å². The van der Waals surface area contributed by atoms with Crippen LogP contribution in [0.3, 0.4) is 0 Å². The Morgan fingerprint density at radius 1 is 1.18 bits per heavy atom. The Bertz CT molecular complexity index is 311. The van der Waals surface area contributed by atoms with Crippen molar-refractivity contribution < 1.29 is 4.39 Å². The molecule has 0 aromatic heterocycles. The van der Waals surface area contributed by atoms with Crippen LogP contribution in [0.5, 0.6) is 0 Å². The number of hydrogen-bond donors (Lipinski definition) is 1. The molecule has 0 spiro atoms. The van der Waals surface area contributed by atoms with Gasteiger partial charge in [0.1, 0.15) is 5.82 Å². The van der Waals surface area contributed by atoms with E-state index < -0.39 is 0 Å². The van der Waals surface area contributed by atoms with Gasteiger partial charge in [-0.15, -0.1) is 11.6 Å². The summed E-state index contributed by atoms with van der Waals surface area (Å²) in [5, 5.41) is 3.41. The number of alkyl halides is 1. The lowest BCUT2D eigenvalue weighted by Gasteiger charge is -2.29. The van der Waals surface area contributed by atoms with Gasteiger partial charge in [-0.25, -0.2) is 4.39 Å².